The van der Waals surface area contributed by atoms with E-state index in [0.717, 1.165) is 0 Å². The molecule has 0 aliphatic carbocycles. The quantitative estimate of drug-likeness (QED) is 0.764. The molecule has 2 unspecified atom stereocenters. The molecule has 1 aromatic rings. The van der Waals surface area contributed by atoms with Gasteiger partial charge in [0.05, 0.1) is 12.5 Å². The first-order valence-corrected chi connectivity index (χ1v) is 6.54. The smallest absolute Gasteiger partial charge is 0.224 e. The van der Waals surface area contributed by atoms with Crippen LogP contribution in [-0.2, 0) is 11.2 Å². The van der Waals surface area contributed by atoms with Crippen molar-refractivity contribution >= 4 is 17.5 Å². The normalized spacial score (nSPS) is 22.5. The maximum Gasteiger partial charge on any atom is 0.224 e. The third-order valence-electron chi connectivity index (χ3n) is 3.26. The van der Waals surface area contributed by atoms with Gasteiger partial charge in [0.1, 0.15) is 5.82 Å². The first kappa shape index (κ1) is 14.2. The lowest BCUT2D eigenvalue weighted by molar-refractivity contribution is -0.120. The summed E-state index contributed by atoms with van der Waals surface area (Å²) in [6.07, 6.45) is -0.542. The van der Waals surface area contributed by atoms with Crippen LogP contribution >= 0.6 is 11.6 Å². The Bertz CT molecular complexity index is 450. The van der Waals surface area contributed by atoms with E-state index < -0.39 is 11.9 Å². The largest absolute Gasteiger partial charge is 0.391 e. The Balaban J connectivity index is 1.87. The van der Waals surface area contributed by atoms with E-state index in [1.165, 1.54) is 12.1 Å². The Kier molecular flexibility index (Phi) is 4.74. The lowest BCUT2D eigenvalue weighted by atomic mass is 10.1. The van der Waals surface area contributed by atoms with Crippen LogP contribution in [0.5, 0.6) is 0 Å². The van der Waals surface area contributed by atoms with Crippen LogP contribution in [0.3, 0.4) is 0 Å². The first-order chi connectivity index (χ1) is 9.08. The number of aliphatic hydroxyl groups excluding tert-OH is 1. The topological polar surface area (TPSA) is 61.4 Å². The number of carbonyl (C=O) groups excluding carboxylic acids is 1. The lowest BCUT2D eigenvalue weighted by Gasteiger charge is -2.14. The van der Waals surface area contributed by atoms with Crippen molar-refractivity contribution in [3.8, 4) is 0 Å². The van der Waals surface area contributed by atoms with E-state index in [1.807, 2.05) is 0 Å². The molecule has 4 nitrogen and oxygen atoms in total. The van der Waals surface area contributed by atoms with E-state index in [2.05, 4.69) is 10.6 Å². The monoisotopic (exact) mass is 286 g/mol. The summed E-state index contributed by atoms with van der Waals surface area (Å²) in [5.41, 5.74) is 0.201. The number of β-amino-alcohol motifs (C(OH)–C–C–N with tert-alkyl or cyclic N) is 1. The molecule has 1 amide bonds. The van der Waals surface area contributed by atoms with Crippen LogP contribution in [0.15, 0.2) is 18.2 Å². The molecule has 1 heterocycles. The Morgan fingerprint density at radius 1 is 1.53 bits per heavy atom. The molecule has 1 aliphatic rings. The molecule has 3 N–H and O–H groups in total. The highest BCUT2D eigenvalue weighted by Crippen LogP contribution is 2.19. The SMILES string of the molecule is O=C(Cc1c(F)cccc1Cl)NCC1CNCC1O. The minimum atomic E-state index is -0.481. The van der Waals surface area contributed by atoms with E-state index >= 15 is 0 Å². The zero-order chi connectivity index (χ0) is 13.8. The van der Waals surface area contributed by atoms with E-state index in [0.29, 0.717) is 19.6 Å². The Morgan fingerprint density at radius 3 is 2.95 bits per heavy atom. The fraction of sp³-hybridized carbons (Fsp3) is 0.462. The number of rotatable bonds is 4. The van der Waals surface area contributed by atoms with E-state index in [9.17, 15) is 14.3 Å². The van der Waals surface area contributed by atoms with Gasteiger partial charge < -0.3 is 15.7 Å². The number of hydrogen-bond donors (Lipinski definition) is 3. The molecule has 19 heavy (non-hydrogen) atoms. The highest BCUT2D eigenvalue weighted by atomic mass is 35.5. The van der Waals surface area contributed by atoms with Gasteiger partial charge in [-0.15, -0.1) is 0 Å². The van der Waals surface area contributed by atoms with Crippen LogP contribution in [-0.4, -0.2) is 36.8 Å². The molecular formula is C13H16ClFN2O2. The van der Waals surface area contributed by atoms with Gasteiger partial charge in [0.15, 0.2) is 0 Å². The summed E-state index contributed by atoms with van der Waals surface area (Å²) in [7, 11) is 0. The first-order valence-electron chi connectivity index (χ1n) is 6.16. The summed E-state index contributed by atoms with van der Waals surface area (Å²) in [5, 5.41) is 15.6. The molecule has 1 aromatic carbocycles. The molecule has 0 aromatic heterocycles. The molecule has 2 atom stereocenters. The number of hydrogen-bond acceptors (Lipinski definition) is 3. The van der Waals surface area contributed by atoms with Crippen LogP contribution in [0.1, 0.15) is 5.56 Å². The average molecular weight is 287 g/mol. The minimum absolute atomic E-state index is 0.0000391. The van der Waals surface area contributed by atoms with Gasteiger partial charge >= 0.3 is 0 Å². The number of carbonyl (C=O) groups is 1. The van der Waals surface area contributed by atoms with Crippen molar-refractivity contribution in [2.75, 3.05) is 19.6 Å². The summed E-state index contributed by atoms with van der Waals surface area (Å²) in [6, 6.07) is 4.33. The van der Waals surface area contributed by atoms with E-state index in [1.54, 1.807) is 6.07 Å². The van der Waals surface area contributed by atoms with E-state index in [-0.39, 0.29) is 28.8 Å². The van der Waals surface area contributed by atoms with Crippen LogP contribution in [0.2, 0.25) is 5.02 Å². The number of halogens is 2. The maximum absolute atomic E-state index is 13.5. The third kappa shape index (κ3) is 3.65. The minimum Gasteiger partial charge on any atom is -0.391 e. The molecule has 0 saturated carbocycles. The van der Waals surface area contributed by atoms with Gasteiger partial charge in [-0.2, -0.15) is 0 Å². The summed E-state index contributed by atoms with van der Waals surface area (Å²) < 4.78 is 13.5. The second kappa shape index (κ2) is 6.32. The van der Waals surface area contributed by atoms with Crippen molar-refractivity contribution < 1.29 is 14.3 Å². The van der Waals surface area contributed by atoms with Crippen molar-refractivity contribution in [1.82, 2.24) is 10.6 Å². The van der Waals surface area contributed by atoms with Gasteiger partial charge in [0.25, 0.3) is 0 Å². The van der Waals surface area contributed by atoms with Crippen molar-refractivity contribution in [3.63, 3.8) is 0 Å². The third-order valence-corrected chi connectivity index (χ3v) is 3.62. The van der Waals surface area contributed by atoms with Crippen molar-refractivity contribution in [3.05, 3.63) is 34.6 Å². The summed E-state index contributed by atoms with van der Waals surface area (Å²) in [5.74, 6) is -0.781. The predicted molar refractivity (Wildman–Crippen MR) is 70.5 cm³/mol. The summed E-state index contributed by atoms with van der Waals surface area (Å²) in [4.78, 5) is 11.7. The average Bonchev–Trinajstić information content (AvgIpc) is 2.77. The highest BCUT2D eigenvalue weighted by molar-refractivity contribution is 6.31. The zero-order valence-corrected chi connectivity index (χ0v) is 11.1. The predicted octanol–water partition coefficient (Wildman–Crippen LogP) is 0.718. The second-order valence-electron chi connectivity index (χ2n) is 4.67. The number of nitrogens with one attached hydrogen (secondary N) is 2. The van der Waals surface area contributed by atoms with Crippen molar-refractivity contribution in [2.45, 2.75) is 12.5 Å². The second-order valence-corrected chi connectivity index (χ2v) is 5.07. The molecule has 1 aliphatic heterocycles. The van der Waals surface area contributed by atoms with Gasteiger partial charge in [-0.1, -0.05) is 17.7 Å². The molecule has 0 spiro atoms. The number of aliphatic hydroxyl groups is 1. The Labute approximate surface area is 116 Å². The zero-order valence-electron chi connectivity index (χ0n) is 10.3. The molecule has 6 heteroatoms. The van der Waals surface area contributed by atoms with Crippen LogP contribution in [0.4, 0.5) is 4.39 Å². The molecule has 0 radical (unpaired) electrons. The standard InChI is InChI=1S/C13H16ClFN2O2/c14-10-2-1-3-11(15)9(10)4-13(19)17-6-8-5-16-7-12(8)18/h1-3,8,12,16,18H,4-7H2,(H,17,19). The van der Waals surface area contributed by atoms with Crippen molar-refractivity contribution in [1.29, 1.82) is 0 Å². The number of amides is 1. The van der Waals surface area contributed by atoms with Crippen molar-refractivity contribution in [2.24, 2.45) is 5.92 Å². The molecule has 2 rings (SSSR count). The molecule has 1 fully saturated rings. The van der Waals surface area contributed by atoms with E-state index in [4.69, 9.17) is 11.6 Å². The van der Waals surface area contributed by atoms with Gasteiger partial charge in [-0.3, -0.25) is 4.79 Å². The Morgan fingerprint density at radius 2 is 2.32 bits per heavy atom. The van der Waals surface area contributed by atoms with Gasteiger partial charge in [-0.25, -0.2) is 4.39 Å². The van der Waals surface area contributed by atoms with Gasteiger partial charge in [0, 0.05) is 36.1 Å². The summed E-state index contributed by atoms with van der Waals surface area (Å²) >= 11 is 5.85. The van der Waals surface area contributed by atoms with Gasteiger partial charge in [0.2, 0.25) is 5.91 Å². The number of benzene rings is 1. The summed E-state index contributed by atoms with van der Waals surface area (Å²) in [6.45, 7) is 1.58. The Hall–Kier alpha value is -1.17. The van der Waals surface area contributed by atoms with Crippen LogP contribution in [0.25, 0.3) is 0 Å². The highest BCUT2D eigenvalue weighted by Gasteiger charge is 2.25. The molecule has 0 bridgehead atoms. The van der Waals surface area contributed by atoms with Crippen LogP contribution in [0, 0.1) is 11.7 Å². The molecular weight excluding hydrogens is 271 g/mol. The lowest BCUT2D eigenvalue weighted by Crippen LogP contribution is -2.35. The fourth-order valence-corrected chi connectivity index (χ4v) is 2.33. The maximum atomic E-state index is 13.5. The van der Waals surface area contributed by atoms with Crippen LogP contribution < -0.4 is 10.6 Å². The molecule has 1 saturated heterocycles. The fourth-order valence-electron chi connectivity index (χ4n) is 2.10. The van der Waals surface area contributed by atoms with Gasteiger partial charge in [-0.05, 0) is 12.1 Å². The molecule has 104 valence electrons.